The number of aromatic nitrogens is 1. The molecule has 4 aromatic carbocycles. The molecule has 0 bridgehead atoms. The van der Waals surface area contributed by atoms with Crippen molar-refractivity contribution in [2.75, 3.05) is 13.7 Å². The second-order valence-corrected chi connectivity index (χ2v) is 11.6. The zero-order chi connectivity index (χ0) is 33.2. The minimum absolute atomic E-state index is 0.00828. The molecule has 0 saturated carbocycles. The first-order valence-electron chi connectivity index (χ1n) is 14.6. The van der Waals surface area contributed by atoms with Crippen LogP contribution in [0.25, 0.3) is 22.5 Å². The molecule has 2 heterocycles. The number of phenolic OH excluding ortho intramolecular Hbond substituents is 1. The molecule has 1 atom stereocenters. The molecule has 0 saturated heterocycles. The number of benzene rings is 4. The number of nitrogens with zero attached hydrogens (tertiary/aromatic N) is 3. The zero-order valence-electron chi connectivity index (χ0n) is 25.6. The molecule has 6 rings (SSSR count). The van der Waals surface area contributed by atoms with Crippen molar-refractivity contribution in [3.8, 4) is 17.2 Å². The lowest BCUT2D eigenvalue weighted by atomic mass is 9.94. The van der Waals surface area contributed by atoms with Crippen LogP contribution in [0.1, 0.15) is 36.6 Å². The first kappa shape index (κ1) is 31.2. The van der Waals surface area contributed by atoms with Gasteiger partial charge in [-0.3, -0.25) is 19.5 Å². The summed E-state index contributed by atoms with van der Waals surface area (Å²) in [6.45, 7) is 3.39. The normalized spacial score (nSPS) is 14.4. The van der Waals surface area contributed by atoms with Crippen LogP contribution in [-0.2, 0) is 16.1 Å². The van der Waals surface area contributed by atoms with Crippen LogP contribution in [0.5, 0.6) is 17.2 Å². The predicted molar refractivity (Wildman–Crippen MR) is 177 cm³/mol. The summed E-state index contributed by atoms with van der Waals surface area (Å²) in [6, 6.07) is 21.6. The molecule has 0 spiro atoms. The summed E-state index contributed by atoms with van der Waals surface area (Å²) in [5.74, 6) is -0.434. The van der Waals surface area contributed by atoms with Crippen molar-refractivity contribution >= 4 is 45.5 Å². The Morgan fingerprint density at radius 2 is 1.83 bits per heavy atom. The first-order valence-corrected chi connectivity index (χ1v) is 15.5. The third kappa shape index (κ3) is 5.86. The van der Waals surface area contributed by atoms with Gasteiger partial charge in [0, 0.05) is 11.3 Å². The average molecular weight is 652 g/mol. The smallest absolute Gasteiger partial charge is 0.338 e. The van der Waals surface area contributed by atoms with E-state index in [1.54, 1.807) is 32.1 Å². The Labute approximate surface area is 272 Å². The van der Waals surface area contributed by atoms with Crippen LogP contribution >= 0.6 is 11.3 Å². The standard InChI is InChI=1S/C35H29N3O8S/c1-4-45-34(41)31-20(2)37-33(40)30(17-24-23-13-9-8-12-22(23)14-15-27(24)39)47-35(37)36-32(31)25-16-28(44-3)29(18-26(25)38(42)43)46-19-21-10-6-5-7-11-21/h5-18,32,39H,4,19H2,1-3H3/b30-17-/t32-/m1/s1. The number of ether oxygens (including phenoxy) is 3. The van der Waals surface area contributed by atoms with Crippen molar-refractivity contribution in [1.29, 1.82) is 0 Å². The van der Waals surface area contributed by atoms with Crippen molar-refractivity contribution in [2.24, 2.45) is 4.99 Å². The zero-order valence-corrected chi connectivity index (χ0v) is 26.4. The molecular formula is C35H29N3O8S. The van der Waals surface area contributed by atoms with E-state index in [1.807, 2.05) is 54.6 Å². The number of aromatic hydroxyl groups is 1. The molecule has 1 aromatic heterocycles. The van der Waals surface area contributed by atoms with Gasteiger partial charge in [-0.25, -0.2) is 9.79 Å². The van der Waals surface area contributed by atoms with Gasteiger partial charge in [-0.2, -0.15) is 0 Å². The van der Waals surface area contributed by atoms with E-state index in [2.05, 4.69) is 0 Å². The van der Waals surface area contributed by atoms with Gasteiger partial charge in [0.1, 0.15) is 18.4 Å². The van der Waals surface area contributed by atoms with Crippen molar-refractivity contribution in [3.05, 3.63) is 131 Å². The van der Waals surface area contributed by atoms with Crippen LogP contribution in [0, 0.1) is 10.1 Å². The topological polar surface area (TPSA) is 142 Å². The highest BCUT2D eigenvalue weighted by atomic mass is 32.1. The fourth-order valence-electron chi connectivity index (χ4n) is 5.56. The minimum Gasteiger partial charge on any atom is -0.507 e. The average Bonchev–Trinajstić information content (AvgIpc) is 3.39. The van der Waals surface area contributed by atoms with Crippen LogP contribution in [0.3, 0.4) is 0 Å². The highest BCUT2D eigenvalue weighted by Crippen LogP contribution is 2.43. The maximum absolute atomic E-state index is 13.8. The molecule has 11 nitrogen and oxygen atoms in total. The third-order valence-corrected chi connectivity index (χ3v) is 8.79. The Morgan fingerprint density at radius 3 is 2.55 bits per heavy atom. The predicted octanol–water partition coefficient (Wildman–Crippen LogP) is 5.26. The molecule has 0 amide bonds. The summed E-state index contributed by atoms with van der Waals surface area (Å²) in [4.78, 5) is 44.1. The second kappa shape index (κ2) is 12.9. The number of methoxy groups -OCH3 is 1. The van der Waals surface area contributed by atoms with Crippen LogP contribution in [0.4, 0.5) is 5.69 Å². The number of esters is 1. The lowest BCUT2D eigenvalue weighted by Gasteiger charge is -2.23. The monoisotopic (exact) mass is 651 g/mol. The van der Waals surface area contributed by atoms with Gasteiger partial charge in [-0.15, -0.1) is 0 Å². The summed E-state index contributed by atoms with van der Waals surface area (Å²) in [6.07, 6.45) is 1.59. The van der Waals surface area contributed by atoms with Crippen LogP contribution in [-0.4, -0.2) is 34.3 Å². The second-order valence-electron chi connectivity index (χ2n) is 10.6. The fraction of sp³-hybridized carbons (Fsp3) is 0.171. The Kier molecular flexibility index (Phi) is 8.59. The van der Waals surface area contributed by atoms with Gasteiger partial charge >= 0.3 is 5.97 Å². The van der Waals surface area contributed by atoms with Gasteiger partial charge in [-0.1, -0.05) is 72.0 Å². The molecule has 12 heteroatoms. The highest BCUT2D eigenvalue weighted by Gasteiger charge is 2.36. The molecule has 0 fully saturated rings. The largest absolute Gasteiger partial charge is 0.507 e. The van der Waals surface area contributed by atoms with E-state index in [9.17, 15) is 24.8 Å². The Bertz CT molecular complexity index is 2260. The van der Waals surface area contributed by atoms with Crippen molar-refractivity contribution in [2.45, 2.75) is 26.5 Å². The summed E-state index contributed by atoms with van der Waals surface area (Å²) >= 11 is 1.04. The van der Waals surface area contributed by atoms with Gasteiger partial charge in [0.05, 0.1) is 40.4 Å². The van der Waals surface area contributed by atoms with Gasteiger partial charge in [0.25, 0.3) is 11.2 Å². The lowest BCUT2D eigenvalue weighted by molar-refractivity contribution is -0.385. The molecule has 0 radical (unpaired) electrons. The molecular weight excluding hydrogens is 622 g/mol. The number of carbonyl (C=O) groups is 1. The van der Waals surface area contributed by atoms with E-state index in [0.717, 1.165) is 27.7 Å². The summed E-state index contributed by atoms with van der Waals surface area (Å²) < 4.78 is 18.4. The summed E-state index contributed by atoms with van der Waals surface area (Å²) in [7, 11) is 1.41. The Morgan fingerprint density at radius 1 is 1.09 bits per heavy atom. The molecule has 5 aromatic rings. The quantitative estimate of drug-likeness (QED) is 0.129. The molecule has 0 aliphatic carbocycles. The number of hydrogen-bond acceptors (Lipinski definition) is 10. The van der Waals surface area contributed by atoms with E-state index in [-0.39, 0.29) is 62.3 Å². The molecule has 1 aliphatic heterocycles. The lowest BCUT2D eigenvalue weighted by Crippen LogP contribution is -2.35. The van der Waals surface area contributed by atoms with E-state index in [1.165, 1.54) is 23.8 Å². The number of nitro groups is 1. The minimum atomic E-state index is -1.21. The Hall–Kier alpha value is -5.75. The van der Waals surface area contributed by atoms with E-state index < -0.39 is 22.5 Å². The van der Waals surface area contributed by atoms with Crippen molar-refractivity contribution in [3.63, 3.8) is 0 Å². The number of allylic oxidation sites excluding steroid dienone is 1. The first-order chi connectivity index (χ1) is 22.7. The maximum Gasteiger partial charge on any atom is 0.338 e. The van der Waals surface area contributed by atoms with Crippen LogP contribution < -0.4 is 24.4 Å². The van der Waals surface area contributed by atoms with Crippen LogP contribution in [0.2, 0.25) is 0 Å². The van der Waals surface area contributed by atoms with E-state index in [0.29, 0.717) is 5.56 Å². The van der Waals surface area contributed by atoms with E-state index >= 15 is 0 Å². The number of carbonyl (C=O) groups excluding carboxylic acids is 1. The number of thiazole rings is 1. The number of rotatable bonds is 9. The van der Waals surface area contributed by atoms with Gasteiger partial charge in [0.15, 0.2) is 16.3 Å². The molecule has 1 aliphatic rings. The maximum atomic E-state index is 13.8. The van der Waals surface area contributed by atoms with Gasteiger partial charge in [0.2, 0.25) is 0 Å². The summed E-state index contributed by atoms with van der Waals surface area (Å²) in [5, 5.41) is 24.8. The number of hydrogen-bond donors (Lipinski definition) is 1. The third-order valence-electron chi connectivity index (χ3n) is 7.80. The number of nitro benzene ring substituents is 1. The van der Waals surface area contributed by atoms with Crippen molar-refractivity contribution < 1.29 is 29.0 Å². The van der Waals surface area contributed by atoms with E-state index in [4.69, 9.17) is 19.2 Å². The van der Waals surface area contributed by atoms with Crippen LogP contribution in [0.15, 0.2) is 94.2 Å². The SMILES string of the molecule is CCOC(=O)C1=C(C)n2c(s/c(=C\c3c(O)ccc4ccccc34)c2=O)=N[C@@H]1c1cc(OC)c(OCc2ccccc2)cc1[N+](=O)[O-]. The Balaban J connectivity index is 1.54. The molecule has 1 N–H and O–H groups in total. The van der Waals surface area contributed by atoms with Gasteiger partial charge in [-0.05, 0) is 48.4 Å². The number of fused-ring (bicyclic) bond motifs is 2. The van der Waals surface area contributed by atoms with Crippen molar-refractivity contribution in [1.82, 2.24) is 4.57 Å². The number of phenols is 1. The molecule has 47 heavy (non-hydrogen) atoms. The molecule has 238 valence electrons. The fourth-order valence-corrected chi connectivity index (χ4v) is 6.58. The summed E-state index contributed by atoms with van der Waals surface area (Å²) in [5.41, 5.74) is 0.751. The molecule has 0 unspecified atom stereocenters. The highest BCUT2D eigenvalue weighted by molar-refractivity contribution is 7.07. The van der Waals surface area contributed by atoms with Gasteiger partial charge < -0.3 is 19.3 Å².